The molecule has 0 saturated heterocycles. The Morgan fingerprint density at radius 1 is 1.33 bits per heavy atom. The lowest BCUT2D eigenvalue weighted by Crippen LogP contribution is -2.54. The molecule has 2 aromatic rings. The highest BCUT2D eigenvalue weighted by atomic mass is 35.5. The van der Waals surface area contributed by atoms with Gasteiger partial charge in [-0.2, -0.15) is 0 Å². The Morgan fingerprint density at radius 2 is 2.05 bits per heavy atom. The number of carbonyl (C=O) groups excluding carboxylic acids is 1. The molecule has 1 heterocycles. The molecule has 0 radical (unpaired) electrons. The van der Waals surface area contributed by atoms with Crippen LogP contribution in [0.5, 0.6) is 0 Å². The van der Waals surface area contributed by atoms with Gasteiger partial charge < -0.3 is 15.4 Å². The van der Waals surface area contributed by atoms with Crippen molar-refractivity contribution >= 4 is 34.4 Å². The number of hydrogen-bond acceptors (Lipinski definition) is 2. The zero-order valence-corrected chi connectivity index (χ0v) is 12.0. The second-order valence-corrected chi connectivity index (χ2v) is 5.90. The topological polar surface area (TPSA) is 82.2 Å². The Bertz CT molecular complexity index is 719. The summed E-state index contributed by atoms with van der Waals surface area (Å²) in [5.74, 6) is -1.25. The van der Waals surface area contributed by atoms with Gasteiger partial charge in [-0.3, -0.25) is 9.59 Å². The molecule has 5 nitrogen and oxygen atoms in total. The molecule has 3 N–H and O–H groups in total. The van der Waals surface area contributed by atoms with Gasteiger partial charge in [0, 0.05) is 10.9 Å². The molecule has 3 rings (SSSR count). The van der Waals surface area contributed by atoms with Crippen LogP contribution in [0.4, 0.5) is 0 Å². The summed E-state index contributed by atoms with van der Waals surface area (Å²) in [6, 6.07) is 7.38. The Labute approximate surface area is 126 Å². The van der Waals surface area contributed by atoms with E-state index in [-0.39, 0.29) is 18.0 Å². The van der Waals surface area contributed by atoms with E-state index >= 15 is 0 Å². The normalized spacial score (nSPS) is 16.4. The Hall–Kier alpha value is -2.01. The fourth-order valence-electron chi connectivity index (χ4n) is 2.81. The maximum Gasteiger partial charge on any atom is 0.305 e. The molecule has 1 saturated carbocycles. The van der Waals surface area contributed by atoms with Crippen molar-refractivity contribution in [3.8, 4) is 0 Å². The number of carboxylic acids is 1. The number of amides is 1. The second kappa shape index (κ2) is 5.07. The number of hydrogen-bond donors (Lipinski definition) is 3. The minimum absolute atomic E-state index is 0.0589. The molecule has 1 aliphatic rings. The van der Waals surface area contributed by atoms with Crippen molar-refractivity contribution in [2.75, 3.05) is 0 Å². The van der Waals surface area contributed by atoms with Crippen LogP contribution >= 0.6 is 11.6 Å². The van der Waals surface area contributed by atoms with E-state index in [2.05, 4.69) is 10.3 Å². The van der Waals surface area contributed by atoms with E-state index in [1.165, 1.54) is 0 Å². The number of carboxylic acid groups (broad SMARTS) is 1. The maximum absolute atomic E-state index is 12.4. The lowest BCUT2D eigenvalue weighted by Gasteiger charge is -2.41. The van der Waals surface area contributed by atoms with E-state index in [1.807, 2.05) is 24.3 Å². The molecule has 6 heteroatoms. The number of para-hydroxylation sites is 1. The SMILES string of the molecule is O=C(O)CC1(NC(=O)c2[nH]c3ccccc3c2Cl)CCC1. The first-order chi connectivity index (χ1) is 10.0. The van der Waals surface area contributed by atoms with Gasteiger partial charge in [0.1, 0.15) is 5.69 Å². The lowest BCUT2D eigenvalue weighted by atomic mass is 9.74. The molecular weight excluding hydrogens is 292 g/mol. The molecule has 1 aromatic heterocycles. The number of carbonyl (C=O) groups is 2. The molecule has 1 amide bonds. The van der Waals surface area contributed by atoms with E-state index in [0.717, 1.165) is 17.3 Å². The minimum Gasteiger partial charge on any atom is -0.481 e. The third-order valence-electron chi connectivity index (χ3n) is 4.05. The number of rotatable bonds is 4. The summed E-state index contributed by atoms with van der Waals surface area (Å²) in [4.78, 5) is 26.3. The van der Waals surface area contributed by atoms with Crippen LogP contribution in [0.25, 0.3) is 10.9 Å². The van der Waals surface area contributed by atoms with Gasteiger partial charge in [-0.1, -0.05) is 29.8 Å². The van der Waals surface area contributed by atoms with Crippen molar-refractivity contribution < 1.29 is 14.7 Å². The lowest BCUT2D eigenvalue weighted by molar-refractivity contribution is -0.139. The van der Waals surface area contributed by atoms with Crippen molar-refractivity contribution in [2.45, 2.75) is 31.2 Å². The highest BCUT2D eigenvalue weighted by molar-refractivity contribution is 6.38. The highest BCUT2D eigenvalue weighted by Gasteiger charge is 2.41. The molecule has 0 aliphatic heterocycles. The molecule has 110 valence electrons. The van der Waals surface area contributed by atoms with Crippen molar-refractivity contribution in [3.05, 3.63) is 35.0 Å². The number of nitrogens with one attached hydrogen (secondary N) is 2. The summed E-state index contributed by atoms with van der Waals surface area (Å²) >= 11 is 6.24. The zero-order valence-electron chi connectivity index (χ0n) is 11.3. The smallest absolute Gasteiger partial charge is 0.305 e. The molecule has 1 aliphatic carbocycles. The third kappa shape index (κ3) is 2.49. The van der Waals surface area contributed by atoms with E-state index in [0.29, 0.717) is 17.9 Å². The van der Waals surface area contributed by atoms with Gasteiger partial charge in [0.2, 0.25) is 0 Å². The van der Waals surface area contributed by atoms with Crippen LogP contribution in [0.1, 0.15) is 36.2 Å². The average Bonchev–Trinajstić information content (AvgIpc) is 2.74. The van der Waals surface area contributed by atoms with Gasteiger partial charge in [-0.25, -0.2) is 0 Å². The van der Waals surface area contributed by atoms with Gasteiger partial charge in [0.15, 0.2) is 0 Å². The first kappa shape index (κ1) is 13.9. The summed E-state index contributed by atoms with van der Waals surface area (Å²) in [5, 5.41) is 13.0. The van der Waals surface area contributed by atoms with Crippen LogP contribution in [-0.2, 0) is 4.79 Å². The van der Waals surface area contributed by atoms with Crippen LogP contribution < -0.4 is 5.32 Å². The van der Waals surface area contributed by atoms with Crippen LogP contribution in [0.15, 0.2) is 24.3 Å². The Morgan fingerprint density at radius 3 is 2.62 bits per heavy atom. The largest absolute Gasteiger partial charge is 0.481 e. The first-order valence-electron chi connectivity index (χ1n) is 6.81. The zero-order chi connectivity index (χ0) is 15.0. The standard InChI is InChI=1S/C15H15ClN2O3/c16-12-9-4-1-2-5-10(9)17-13(12)14(21)18-15(6-3-7-15)8-11(19)20/h1-2,4-5,17H,3,6-8H2,(H,18,21)(H,19,20). The fraction of sp³-hybridized carbons (Fsp3) is 0.333. The first-order valence-corrected chi connectivity index (χ1v) is 7.19. The fourth-order valence-corrected chi connectivity index (χ4v) is 3.10. The van der Waals surface area contributed by atoms with E-state index < -0.39 is 11.5 Å². The number of benzene rings is 1. The summed E-state index contributed by atoms with van der Waals surface area (Å²) in [6.45, 7) is 0. The minimum atomic E-state index is -0.905. The van der Waals surface area contributed by atoms with Gasteiger partial charge >= 0.3 is 5.97 Å². The summed E-state index contributed by atoms with van der Waals surface area (Å²) < 4.78 is 0. The molecular formula is C15H15ClN2O3. The summed E-state index contributed by atoms with van der Waals surface area (Å²) in [5.41, 5.74) is 0.437. The van der Waals surface area contributed by atoms with Crippen LogP contribution in [0.2, 0.25) is 5.02 Å². The average molecular weight is 307 g/mol. The Balaban J connectivity index is 1.87. The van der Waals surface area contributed by atoms with Crippen LogP contribution in [0.3, 0.4) is 0 Å². The molecule has 0 bridgehead atoms. The summed E-state index contributed by atoms with van der Waals surface area (Å²) in [6.07, 6.45) is 2.23. The number of fused-ring (bicyclic) bond motifs is 1. The molecule has 1 aromatic carbocycles. The number of H-pyrrole nitrogens is 1. The van der Waals surface area contributed by atoms with Gasteiger partial charge in [0.25, 0.3) is 5.91 Å². The molecule has 0 atom stereocenters. The van der Waals surface area contributed by atoms with Crippen molar-refractivity contribution in [1.82, 2.24) is 10.3 Å². The van der Waals surface area contributed by atoms with Gasteiger partial charge in [-0.15, -0.1) is 0 Å². The monoisotopic (exact) mass is 306 g/mol. The van der Waals surface area contributed by atoms with Crippen molar-refractivity contribution in [3.63, 3.8) is 0 Å². The van der Waals surface area contributed by atoms with Gasteiger partial charge in [0.05, 0.1) is 17.0 Å². The summed E-state index contributed by atoms with van der Waals surface area (Å²) in [7, 11) is 0. The number of halogens is 1. The third-order valence-corrected chi connectivity index (χ3v) is 4.44. The van der Waals surface area contributed by atoms with Gasteiger partial charge in [-0.05, 0) is 25.3 Å². The number of aromatic nitrogens is 1. The van der Waals surface area contributed by atoms with Crippen LogP contribution in [-0.4, -0.2) is 27.5 Å². The highest BCUT2D eigenvalue weighted by Crippen LogP contribution is 2.36. The van der Waals surface area contributed by atoms with Crippen LogP contribution in [0, 0.1) is 0 Å². The number of aromatic amines is 1. The van der Waals surface area contributed by atoms with E-state index in [1.54, 1.807) is 0 Å². The number of aliphatic carboxylic acids is 1. The second-order valence-electron chi connectivity index (χ2n) is 5.52. The van der Waals surface area contributed by atoms with E-state index in [9.17, 15) is 9.59 Å². The molecule has 0 spiro atoms. The molecule has 1 fully saturated rings. The Kier molecular flexibility index (Phi) is 3.37. The van der Waals surface area contributed by atoms with Crippen molar-refractivity contribution in [2.24, 2.45) is 0 Å². The predicted octanol–water partition coefficient (Wildman–Crippen LogP) is 2.95. The van der Waals surface area contributed by atoms with Crippen molar-refractivity contribution in [1.29, 1.82) is 0 Å². The predicted molar refractivity (Wildman–Crippen MR) is 79.6 cm³/mol. The van der Waals surface area contributed by atoms with E-state index in [4.69, 9.17) is 16.7 Å². The maximum atomic E-state index is 12.4. The molecule has 0 unspecified atom stereocenters. The quantitative estimate of drug-likeness (QED) is 0.812. The molecule has 21 heavy (non-hydrogen) atoms.